The summed E-state index contributed by atoms with van der Waals surface area (Å²) >= 11 is 1.99. The standard InChI is InChI=1S/C20H13N5S/c21-10-15-16(11-22)24-20-14-4-5-17(25-6-8-26-9-7-25)12-2-1-3-13(18(12)14)19(20)23-15/h1-5H,6-9H2. The molecule has 1 aliphatic heterocycles. The highest BCUT2D eigenvalue weighted by molar-refractivity contribution is 7.99. The molecule has 0 spiro atoms. The molecule has 0 radical (unpaired) electrons. The van der Waals surface area contributed by atoms with E-state index in [1.807, 2.05) is 36.0 Å². The number of aromatic nitrogens is 2. The molecule has 0 saturated carbocycles. The van der Waals surface area contributed by atoms with Gasteiger partial charge >= 0.3 is 0 Å². The van der Waals surface area contributed by atoms with E-state index >= 15 is 0 Å². The lowest BCUT2D eigenvalue weighted by molar-refractivity contribution is 0.863. The Morgan fingerprint density at radius 2 is 1.54 bits per heavy atom. The lowest BCUT2D eigenvalue weighted by atomic mass is 10.0. The smallest absolute Gasteiger partial charge is 0.177 e. The zero-order valence-electron chi connectivity index (χ0n) is 13.9. The molecule has 3 aromatic rings. The minimum atomic E-state index is 0.0873. The molecule has 1 fully saturated rings. The van der Waals surface area contributed by atoms with E-state index in [1.54, 1.807) is 0 Å². The third-order valence-corrected chi connectivity index (χ3v) is 5.93. The van der Waals surface area contributed by atoms with Crippen molar-refractivity contribution in [3.05, 3.63) is 41.7 Å². The fourth-order valence-corrected chi connectivity index (χ4v) is 4.74. The van der Waals surface area contributed by atoms with E-state index in [0.717, 1.165) is 41.1 Å². The van der Waals surface area contributed by atoms with Crippen LogP contribution in [0.15, 0.2) is 30.3 Å². The molecule has 1 aliphatic carbocycles. The first-order valence-electron chi connectivity index (χ1n) is 8.43. The first-order chi connectivity index (χ1) is 12.8. The molecular formula is C20H13N5S. The van der Waals surface area contributed by atoms with Gasteiger partial charge in [0.2, 0.25) is 0 Å². The predicted molar refractivity (Wildman–Crippen MR) is 103 cm³/mol. The minimum Gasteiger partial charge on any atom is -0.369 e. The Balaban J connectivity index is 1.79. The van der Waals surface area contributed by atoms with Crippen LogP contribution in [0.3, 0.4) is 0 Å². The number of hydrogen-bond donors (Lipinski definition) is 0. The molecule has 2 aromatic carbocycles. The van der Waals surface area contributed by atoms with Crippen molar-refractivity contribution in [1.29, 1.82) is 10.5 Å². The molecule has 0 bridgehead atoms. The van der Waals surface area contributed by atoms with Gasteiger partial charge < -0.3 is 4.90 Å². The zero-order chi connectivity index (χ0) is 17.7. The second-order valence-corrected chi connectivity index (χ2v) is 7.53. The highest BCUT2D eigenvalue weighted by atomic mass is 32.2. The maximum atomic E-state index is 9.29. The van der Waals surface area contributed by atoms with Crippen molar-refractivity contribution in [2.45, 2.75) is 0 Å². The summed E-state index contributed by atoms with van der Waals surface area (Å²) in [5.74, 6) is 2.28. The van der Waals surface area contributed by atoms with E-state index in [9.17, 15) is 10.5 Å². The molecule has 2 heterocycles. The normalized spacial score (nSPS) is 14.8. The lowest BCUT2D eigenvalue weighted by Gasteiger charge is -2.29. The summed E-state index contributed by atoms with van der Waals surface area (Å²) in [6.45, 7) is 2.09. The van der Waals surface area contributed by atoms with Crippen LogP contribution in [0.1, 0.15) is 11.4 Å². The third kappa shape index (κ3) is 2.03. The van der Waals surface area contributed by atoms with Gasteiger partial charge in [-0.1, -0.05) is 18.2 Å². The van der Waals surface area contributed by atoms with E-state index in [2.05, 4.69) is 33.1 Å². The minimum absolute atomic E-state index is 0.0873. The Morgan fingerprint density at radius 1 is 0.885 bits per heavy atom. The largest absolute Gasteiger partial charge is 0.369 e. The molecule has 5 rings (SSSR count). The van der Waals surface area contributed by atoms with Gasteiger partial charge in [0.15, 0.2) is 11.4 Å². The van der Waals surface area contributed by atoms with E-state index in [4.69, 9.17) is 0 Å². The molecule has 5 nitrogen and oxygen atoms in total. The van der Waals surface area contributed by atoms with Crippen LogP contribution < -0.4 is 4.90 Å². The second kappa shape index (κ2) is 5.72. The topological polar surface area (TPSA) is 76.6 Å². The number of nitrogens with zero attached hydrogens (tertiary/aromatic N) is 5. The number of rotatable bonds is 1. The monoisotopic (exact) mass is 355 g/mol. The van der Waals surface area contributed by atoms with Crippen LogP contribution >= 0.6 is 11.8 Å². The van der Waals surface area contributed by atoms with Gasteiger partial charge in [0.1, 0.15) is 12.1 Å². The van der Waals surface area contributed by atoms with E-state index in [-0.39, 0.29) is 11.4 Å². The maximum absolute atomic E-state index is 9.29. The number of fused-ring (bicyclic) bond motifs is 3. The Bertz CT molecular complexity index is 1100. The predicted octanol–water partition coefficient (Wildman–Crippen LogP) is 3.57. The van der Waals surface area contributed by atoms with Crippen LogP contribution in [0.25, 0.3) is 33.3 Å². The van der Waals surface area contributed by atoms with Crippen molar-refractivity contribution in [2.75, 3.05) is 29.5 Å². The van der Waals surface area contributed by atoms with Crippen LogP contribution in [0.4, 0.5) is 5.69 Å². The van der Waals surface area contributed by atoms with Gasteiger partial charge in [-0.25, -0.2) is 9.97 Å². The summed E-state index contributed by atoms with van der Waals surface area (Å²) in [5, 5.41) is 20.9. The van der Waals surface area contributed by atoms with Gasteiger partial charge in [-0.3, -0.25) is 0 Å². The molecule has 26 heavy (non-hydrogen) atoms. The summed E-state index contributed by atoms with van der Waals surface area (Å²) in [6.07, 6.45) is 0. The average Bonchev–Trinajstić information content (AvgIpc) is 3.02. The molecule has 0 atom stereocenters. The second-order valence-electron chi connectivity index (χ2n) is 6.30. The SMILES string of the molecule is N#Cc1nc2c(nc1C#N)-c1ccc(N3CCSCC3)c3cccc-2c13. The van der Waals surface area contributed by atoms with Crippen molar-refractivity contribution in [2.24, 2.45) is 0 Å². The van der Waals surface area contributed by atoms with Crippen molar-refractivity contribution in [3.63, 3.8) is 0 Å². The van der Waals surface area contributed by atoms with Crippen molar-refractivity contribution in [3.8, 4) is 34.7 Å². The van der Waals surface area contributed by atoms with Gasteiger partial charge in [0, 0.05) is 52.2 Å². The van der Waals surface area contributed by atoms with Gasteiger partial charge in [-0.2, -0.15) is 22.3 Å². The van der Waals surface area contributed by atoms with E-state index in [1.165, 1.54) is 11.1 Å². The molecular weight excluding hydrogens is 342 g/mol. The number of anilines is 1. The van der Waals surface area contributed by atoms with Gasteiger partial charge in [0.05, 0.1) is 11.4 Å². The van der Waals surface area contributed by atoms with Crippen LogP contribution in [-0.4, -0.2) is 34.6 Å². The fourth-order valence-electron chi connectivity index (χ4n) is 3.83. The van der Waals surface area contributed by atoms with Crippen LogP contribution in [0.2, 0.25) is 0 Å². The summed E-state index contributed by atoms with van der Waals surface area (Å²) in [4.78, 5) is 11.4. The highest BCUT2D eigenvalue weighted by Gasteiger charge is 2.28. The quantitative estimate of drug-likeness (QED) is 0.519. The van der Waals surface area contributed by atoms with E-state index < -0.39 is 0 Å². The van der Waals surface area contributed by atoms with Gasteiger partial charge in [0.25, 0.3) is 0 Å². The van der Waals surface area contributed by atoms with Crippen molar-refractivity contribution < 1.29 is 0 Å². The molecule has 124 valence electrons. The third-order valence-electron chi connectivity index (χ3n) is 4.99. The number of hydrogen-bond acceptors (Lipinski definition) is 6. The summed E-state index contributed by atoms with van der Waals surface area (Å²) in [7, 11) is 0. The number of thioether (sulfide) groups is 1. The summed E-state index contributed by atoms with van der Waals surface area (Å²) < 4.78 is 0. The summed E-state index contributed by atoms with van der Waals surface area (Å²) in [5.41, 5.74) is 4.80. The Hall–Kier alpha value is -3.09. The van der Waals surface area contributed by atoms with Gasteiger partial charge in [-0.15, -0.1) is 0 Å². The van der Waals surface area contributed by atoms with Crippen molar-refractivity contribution in [1.82, 2.24) is 9.97 Å². The van der Waals surface area contributed by atoms with Crippen LogP contribution in [-0.2, 0) is 0 Å². The maximum Gasteiger partial charge on any atom is 0.177 e. The molecule has 0 amide bonds. The first kappa shape index (κ1) is 15.2. The molecule has 0 unspecified atom stereocenters. The van der Waals surface area contributed by atoms with Crippen LogP contribution in [0.5, 0.6) is 0 Å². The molecule has 0 N–H and O–H groups in total. The molecule has 1 saturated heterocycles. The van der Waals surface area contributed by atoms with E-state index in [0.29, 0.717) is 11.4 Å². The van der Waals surface area contributed by atoms with Crippen molar-refractivity contribution >= 4 is 28.2 Å². The molecule has 1 aromatic heterocycles. The average molecular weight is 355 g/mol. The molecule has 6 heteroatoms. The Morgan fingerprint density at radius 3 is 2.19 bits per heavy atom. The highest BCUT2D eigenvalue weighted by Crippen LogP contribution is 2.47. The lowest BCUT2D eigenvalue weighted by Crippen LogP contribution is -2.32. The fraction of sp³-hybridized carbons (Fsp3) is 0.200. The van der Waals surface area contributed by atoms with Crippen LogP contribution in [0, 0.1) is 22.7 Å². The zero-order valence-corrected chi connectivity index (χ0v) is 14.7. The Kier molecular flexibility index (Phi) is 3.34. The number of nitriles is 2. The Labute approximate surface area is 154 Å². The summed E-state index contributed by atoms with van der Waals surface area (Å²) in [6, 6.07) is 14.4. The molecule has 2 aliphatic rings. The van der Waals surface area contributed by atoms with Gasteiger partial charge in [-0.05, 0) is 12.1 Å². The number of benzene rings is 2. The first-order valence-corrected chi connectivity index (χ1v) is 9.58.